The number of nitrogens with two attached hydrogens (primary N) is 1. The van der Waals surface area contributed by atoms with Crippen LogP contribution in [0.1, 0.15) is 13.3 Å². The summed E-state index contributed by atoms with van der Waals surface area (Å²) in [6.07, 6.45) is 2.89. The molecule has 0 aromatic heterocycles. The van der Waals surface area contributed by atoms with Crippen molar-refractivity contribution in [2.75, 3.05) is 25.4 Å². The van der Waals surface area contributed by atoms with Crippen LogP contribution >= 0.6 is 0 Å². The molecule has 0 atom stereocenters. The summed E-state index contributed by atoms with van der Waals surface area (Å²) in [6, 6.07) is 0. The van der Waals surface area contributed by atoms with Gasteiger partial charge in [0.05, 0.1) is 5.75 Å². The molecule has 2 N–H and O–H groups in total. The summed E-state index contributed by atoms with van der Waals surface area (Å²) in [6.45, 7) is 3.27. The van der Waals surface area contributed by atoms with Gasteiger partial charge in [-0.05, 0) is 13.3 Å². The topological polar surface area (TPSA) is 63.4 Å². The quantitative estimate of drug-likeness (QED) is 0.654. The van der Waals surface area contributed by atoms with Crippen molar-refractivity contribution in [3.05, 3.63) is 11.6 Å². The van der Waals surface area contributed by atoms with E-state index in [0.717, 1.165) is 12.0 Å². The minimum absolute atomic E-state index is 0.0558. The Morgan fingerprint density at radius 1 is 1.62 bits per heavy atom. The Bertz CT molecular complexity index is 295. The van der Waals surface area contributed by atoms with E-state index in [1.54, 1.807) is 0 Å². The summed E-state index contributed by atoms with van der Waals surface area (Å²) in [5.74, 6) is 0.0558. The molecule has 0 saturated heterocycles. The molecule has 0 bridgehead atoms. The van der Waals surface area contributed by atoms with Gasteiger partial charge in [-0.2, -0.15) is 4.31 Å². The van der Waals surface area contributed by atoms with Crippen LogP contribution in [-0.4, -0.2) is 38.1 Å². The number of nitrogens with zero attached hydrogens (tertiary/aromatic N) is 1. The van der Waals surface area contributed by atoms with Gasteiger partial charge >= 0.3 is 0 Å². The zero-order chi connectivity index (χ0) is 9.90. The first-order valence-corrected chi connectivity index (χ1v) is 6.00. The molecule has 1 aliphatic rings. The van der Waals surface area contributed by atoms with Crippen LogP contribution in [0.2, 0.25) is 0 Å². The molecular formula is C8H16N2O2S. The molecule has 0 aliphatic carbocycles. The Balaban J connectivity index is 2.68. The van der Waals surface area contributed by atoms with E-state index in [1.165, 1.54) is 4.31 Å². The van der Waals surface area contributed by atoms with Gasteiger partial charge in [0, 0.05) is 19.6 Å². The highest BCUT2D eigenvalue weighted by Gasteiger charge is 2.22. The molecule has 1 rings (SSSR count). The van der Waals surface area contributed by atoms with E-state index in [0.29, 0.717) is 13.1 Å². The summed E-state index contributed by atoms with van der Waals surface area (Å²) in [7, 11) is -3.10. The Morgan fingerprint density at radius 3 is 2.85 bits per heavy atom. The van der Waals surface area contributed by atoms with E-state index < -0.39 is 10.0 Å². The first-order valence-electron chi connectivity index (χ1n) is 4.40. The minimum atomic E-state index is -3.10. The van der Waals surface area contributed by atoms with E-state index in [9.17, 15) is 8.42 Å². The number of hydrogen-bond donors (Lipinski definition) is 1. The number of rotatable bonds is 3. The van der Waals surface area contributed by atoms with Crippen molar-refractivity contribution in [2.24, 2.45) is 5.73 Å². The van der Waals surface area contributed by atoms with Crippen LogP contribution in [0.15, 0.2) is 11.6 Å². The molecule has 76 valence electrons. The molecule has 13 heavy (non-hydrogen) atoms. The molecule has 0 radical (unpaired) electrons. The number of sulfonamides is 1. The Morgan fingerprint density at radius 2 is 2.31 bits per heavy atom. The third kappa shape index (κ3) is 2.79. The first-order chi connectivity index (χ1) is 6.06. The van der Waals surface area contributed by atoms with Crippen LogP contribution in [0.3, 0.4) is 0 Å². The highest BCUT2D eigenvalue weighted by molar-refractivity contribution is 7.89. The van der Waals surface area contributed by atoms with Gasteiger partial charge in [-0.3, -0.25) is 0 Å². The normalized spacial score (nSPS) is 20.0. The summed E-state index contributed by atoms with van der Waals surface area (Å²) in [5, 5.41) is 0. The Labute approximate surface area is 79.5 Å². The zero-order valence-electron chi connectivity index (χ0n) is 7.86. The molecule has 0 amide bonds. The van der Waals surface area contributed by atoms with Gasteiger partial charge in [0.1, 0.15) is 0 Å². The summed E-state index contributed by atoms with van der Waals surface area (Å²) in [4.78, 5) is 0. The van der Waals surface area contributed by atoms with Crippen LogP contribution in [-0.2, 0) is 10.0 Å². The smallest absolute Gasteiger partial charge is 0.215 e. The third-order valence-corrected chi connectivity index (χ3v) is 3.92. The summed E-state index contributed by atoms with van der Waals surface area (Å²) < 4.78 is 24.6. The van der Waals surface area contributed by atoms with Gasteiger partial charge < -0.3 is 5.73 Å². The molecule has 4 nitrogen and oxygen atoms in total. The van der Waals surface area contributed by atoms with E-state index >= 15 is 0 Å². The Kier molecular flexibility index (Phi) is 3.47. The van der Waals surface area contributed by atoms with Crippen LogP contribution in [0.5, 0.6) is 0 Å². The molecular weight excluding hydrogens is 188 g/mol. The van der Waals surface area contributed by atoms with Crippen molar-refractivity contribution in [1.29, 1.82) is 0 Å². The van der Waals surface area contributed by atoms with Gasteiger partial charge in [-0.1, -0.05) is 11.6 Å². The van der Waals surface area contributed by atoms with Crippen LogP contribution in [0, 0.1) is 0 Å². The lowest BCUT2D eigenvalue weighted by molar-refractivity contribution is 0.428. The van der Waals surface area contributed by atoms with E-state index in [-0.39, 0.29) is 12.3 Å². The fourth-order valence-corrected chi connectivity index (χ4v) is 2.73. The Hall–Kier alpha value is -0.390. The zero-order valence-corrected chi connectivity index (χ0v) is 8.68. The maximum absolute atomic E-state index is 11.5. The molecule has 1 heterocycles. The van der Waals surface area contributed by atoms with Crippen LogP contribution in [0.4, 0.5) is 0 Å². The predicted molar refractivity (Wildman–Crippen MR) is 52.8 cm³/mol. The van der Waals surface area contributed by atoms with E-state index in [4.69, 9.17) is 5.73 Å². The molecule has 0 spiro atoms. The first kappa shape index (κ1) is 10.7. The average Bonchev–Trinajstić information content (AvgIpc) is 2.04. The van der Waals surface area contributed by atoms with Crippen molar-refractivity contribution in [1.82, 2.24) is 4.31 Å². The molecule has 0 saturated carbocycles. The van der Waals surface area contributed by atoms with Gasteiger partial charge in [-0.25, -0.2) is 8.42 Å². The van der Waals surface area contributed by atoms with Crippen molar-refractivity contribution < 1.29 is 8.42 Å². The van der Waals surface area contributed by atoms with Crippen molar-refractivity contribution in [3.8, 4) is 0 Å². The SMILES string of the molecule is CC1=CCCN(S(=O)(=O)CCN)C1. The largest absolute Gasteiger partial charge is 0.329 e. The second-order valence-corrected chi connectivity index (χ2v) is 5.37. The van der Waals surface area contributed by atoms with Gasteiger partial charge in [-0.15, -0.1) is 0 Å². The van der Waals surface area contributed by atoms with E-state index in [1.807, 2.05) is 6.92 Å². The fourth-order valence-electron chi connectivity index (χ4n) is 1.39. The molecule has 0 unspecified atom stereocenters. The second kappa shape index (κ2) is 4.21. The van der Waals surface area contributed by atoms with Crippen molar-refractivity contribution >= 4 is 10.0 Å². The second-order valence-electron chi connectivity index (χ2n) is 3.28. The fraction of sp³-hybridized carbons (Fsp3) is 0.750. The molecule has 1 aliphatic heterocycles. The summed E-state index contributed by atoms with van der Waals surface area (Å²) >= 11 is 0. The van der Waals surface area contributed by atoms with Gasteiger partial charge in [0.2, 0.25) is 10.0 Å². The van der Waals surface area contributed by atoms with Crippen LogP contribution in [0.25, 0.3) is 0 Å². The van der Waals surface area contributed by atoms with E-state index in [2.05, 4.69) is 6.08 Å². The highest BCUT2D eigenvalue weighted by Crippen LogP contribution is 2.12. The molecule has 0 aromatic rings. The maximum Gasteiger partial charge on any atom is 0.215 e. The average molecular weight is 204 g/mol. The molecule has 0 aromatic carbocycles. The van der Waals surface area contributed by atoms with Crippen LogP contribution < -0.4 is 5.73 Å². The minimum Gasteiger partial charge on any atom is -0.329 e. The highest BCUT2D eigenvalue weighted by atomic mass is 32.2. The standard InChI is InChI=1S/C8H16N2O2S/c1-8-3-2-5-10(7-8)13(11,12)6-4-9/h3H,2,4-7,9H2,1H3. The lowest BCUT2D eigenvalue weighted by Gasteiger charge is -2.25. The lowest BCUT2D eigenvalue weighted by atomic mass is 10.2. The maximum atomic E-state index is 11.5. The molecule has 0 fully saturated rings. The monoisotopic (exact) mass is 204 g/mol. The van der Waals surface area contributed by atoms with Crippen molar-refractivity contribution in [2.45, 2.75) is 13.3 Å². The predicted octanol–water partition coefficient (Wildman–Crippen LogP) is -0.0731. The number of hydrogen-bond acceptors (Lipinski definition) is 3. The third-order valence-electron chi connectivity index (χ3n) is 2.07. The van der Waals surface area contributed by atoms with Gasteiger partial charge in [0.25, 0.3) is 0 Å². The summed E-state index contributed by atoms with van der Waals surface area (Å²) in [5.41, 5.74) is 6.35. The van der Waals surface area contributed by atoms with Crippen molar-refractivity contribution in [3.63, 3.8) is 0 Å². The molecule has 5 heteroatoms. The lowest BCUT2D eigenvalue weighted by Crippen LogP contribution is -2.38. The van der Waals surface area contributed by atoms with Gasteiger partial charge in [0.15, 0.2) is 0 Å².